The van der Waals surface area contributed by atoms with Crippen molar-refractivity contribution < 1.29 is 4.79 Å². The molecule has 1 aromatic carbocycles. The van der Waals surface area contributed by atoms with Crippen LogP contribution in [-0.4, -0.2) is 65.4 Å². The number of hydrogen-bond acceptors (Lipinski definition) is 3. The van der Waals surface area contributed by atoms with Crippen LogP contribution in [0.3, 0.4) is 0 Å². The van der Waals surface area contributed by atoms with Gasteiger partial charge >= 0.3 is 0 Å². The molecule has 0 radical (unpaired) electrons. The molecule has 2 heterocycles. The molecule has 1 aromatic rings. The first-order valence-electron chi connectivity index (χ1n) is 9.95. The van der Waals surface area contributed by atoms with Gasteiger partial charge < -0.3 is 4.90 Å². The van der Waals surface area contributed by atoms with Gasteiger partial charge in [0.2, 0.25) is 5.91 Å². The molecule has 1 aliphatic carbocycles. The van der Waals surface area contributed by atoms with E-state index in [2.05, 4.69) is 52.8 Å². The molecule has 0 aromatic heterocycles. The minimum Gasteiger partial charge on any atom is -0.337 e. The fourth-order valence-corrected chi connectivity index (χ4v) is 4.53. The second kappa shape index (κ2) is 7.08. The van der Waals surface area contributed by atoms with Crippen LogP contribution in [-0.2, 0) is 17.8 Å². The molecule has 0 N–H and O–H groups in total. The molecule has 1 saturated heterocycles. The summed E-state index contributed by atoms with van der Waals surface area (Å²) < 4.78 is 0. The topological polar surface area (TPSA) is 26.8 Å². The number of fused-ring (bicyclic) bond motifs is 1. The first kappa shape index (κ1) is 17.0. The van der Waals surface area contributed by atoms with E-state index >= 15 is 0 Å². The van der Waals surface area contributed by atoms with E-state index in [4.69, 9.17) is 0 Å². The standard InChI is InChI=1S/C21H31N3O/c1-16-13-22(11-12-23(14-16)20-7-8-20)17(2)21(25)24-10-9-18-5-3-4-6-19(18)15-24/h3-6,16-17,20H,7-15H2,1-2H3. The molecule has 2 aliphatic heterocycles. The molecule has 4 nitrogen and oxygen atoms in total. The number of nitrogens with zero attached hydrogens (tertiary/aromatic N) is 3. The maximum absolute atomic E-state index is 13.1. The van der Waals surface area contributed by atoms with Crippen molar-refractivity contribution in [3.63, 3.8) is 0 Å². The second-order valence-corrected chi connectivity index (χ2v) is 8.28. The number of amides is 1. The van der Waals surface area contributed by atoms with Gasteiger partial charge in [0.15, 0.2) is 0 Å². The molecule has 2 unspecified atom stereocenters. The summed E-state index contributed by atoms with van der Waals surface area (Å²) >= 11 is 0. The van der Waals surface area contributed by atoms with Crippen molar-refractivity contribution in [2.75, 3.05) is 32.7 Å². The van der Waals surface area contributed by atoms with E-state index in [0.717, 1.165) is 45.2 Å². The lowest BCUT2D eigenvalue weighted by Crippen LogP contribution is -2.50. The van der Waals surface area contributed by atoms with Gasteiger partial charge in [0.1, 0.15) is 0 Å². The maximum Gasteiger partial charge on any atom is 0.239 e. The molecule has 2 fully saturated rings. The van der Waals surface area contributed by atoms with Crippen LogP contribution in [0.5, 0.6) is 0 Å². The Morgan fingerprint density at radius 1 is 1.08 bits per heavy atom. The van der Waals surface area contributed by atoms with Gasteiger partial charge in [-0.3, -0.25) is 14.6 Å². The summed E-state index contributed by atoms with van der Waals surface area (Å²) in [5, 5.41) is 0. The lowest BCUT2D eigenvalue weighted by molar-refractivity contribution is -0.137. The Balaban J connectivity index is 1.40. The van der Waals surface area contributed by atoms with Crippen LogP contribution >= 0.6 is 0 Å². The molecule has 0 spiro atoms. The van der Waals surface area contributed by atoms with Crippen molar-refractivity contribution in [3.8, 4) is 0 Å². The van der Waals surface area contributed by atoms with Crippen LogP contribution in [0.2, 0.25) is 0 Å². The molecule has 1 saturated carbocycles. The summed E-state index contributed by atoms with van der Waals surface area (Å²) in [6.45, 7) is 10.5. The SMILES string of the molecule is CC1CN(C2CC2)CCN(C(C)C(=O)N2CCc3ccccc3C2)C1. The summed E-state index contributed by atoms with van der Waals surface area (Å²) in [6.07, 6.45) is 3.73. The molecule has 3 aliphatic rings. The van der Waals surface area contributed by atoms with Crippen molar-refractivity contribution in [2.24, 2.45) is 5.92 Å². The summed E-state index contributed by atoms with van der Waals surface area (Å²) in [5.74, 6) is 0.946. The number of benzene rings is 1. The van der Waals surface area contributed by atoms with Crippen LogP contribution in [0.15, 0.2) is 24.3 Å². The van der Waals surface area contributed by atoms with Crippen molar-refractivity contribution in [2.45, 2.75) is 51.7 Å². The lowest BCUT2D eigenvalue weighted by atomic mass is 9.99. The Hall–Kier alpha value is -1.39. The van der Waals surface area contributed by atoms with Gasteiger partial charge in [0.25, 0.3) is 0 Å². The summed E-state index contributed by atoms with van der Waals surface area (Å²) in [6, 6.07) is 9.37. The third-order valence-electron chi connectivity index (χ3n) is 6.18. The lowest BCUT2D eigenvalue weighted by Gasteiger charge is -2.35. The fourth-order valence-electron chi connectivity index (χ4n) is 4.53. The summed E-state index contributed by atoms with van der Waals surface area (Å²) in [7, 11) is 0. The average molecular weight is 341 g/mol. The highest BCUT2D eigenvalue weighted by atomic mass is 16.2. The smallest absolute Gasteiger partial charge is 0.239 e. The van der Waals surface area contributed by atoms with Crippen LogP contribution in [0.1, 0.15) is 37.8 Å². The zero-order valence-corrected chi connectivity index (χ0v) is 15.7. The van der Waals surface area contributed by atoms with Crippen molar-refractivity contribution in [1.82, 2.24) is 14.7 Å². The van der Waals surface area contributed by atoms with Gasteiger partial charge in [0, 0.05) is 45.3 Å². The normalized spacial score (nSPS) is 26.8. The Kier molecular flexibility index (Phi) is 4.83. The first-order valence-corrected chi connectivity index (χ1v) is 9.95. The zero-order chi connectivity index (χ0) is 17.4. The molecular formula is C21H31N3O. The maximum atomic E-state index is 13.1. The van der Waals surface area contributed by atoms with Crippen LogP contribution in [0.4, 0.5) is 0 Å². The quantitative estimate of drug-likeness (QED) is 0.844. The predicted molar refractivity (Wildman–Crippen MR) is 100 cm³/mol. The summed E-state index contributed by atoms with van der Waals surface area (Å²) in [4.78, 5) is 20.3. The minimum absolute atomic E-state index is 0.00753. The highest BCUT2D eigenvalue weighted by Gasteiger charge is 2.35. The highest BCUT2D eigenvalue weighted by Crippen LogP contribution is 2.29. The molecule has 4 heteroatoms. The van der Waals surface area contributed by atoms with Crippen LogP contribution in [0.25, 0.3) is 0 Å². The van der Waals surface area contributed by atoms with E-state index in [1.165, 1.54) is 30.5 Å². The molecule has 0 bridgehead atoms. The van der Waals surface area contributed by atoms with Crippen LogP contribution < -0.4 is 0 Å². The Bertz CT molecular complexity index is 627. The third-order valence-corrected chi connectivity index (χ3v) is 6.18. The van der Waals surface area contributed by atoms with Gasteiger partial charge in [0.05, 0.1) is 6.04 Å². The fraction of sp³-hybridized carbons (Fsp3) is 0.667. The molecule has 1 amide bonds. The highest BCUT2D eigenvalue weighted by molar-refractivity contribution is 5.81. The van der Waals surface area contributed by atoms with Gasteiger partial charge in [-0.1, -0.05) is 31.2 Å². The molecular weight excluding hydrogens is 310 g/mol. The summed E-state index contributed by atoms with van der Waals surface area (Å²) in [5.41, 5.74) is 2.72. The number of hydrogen-bond donors (Lipinski definition) is 0. The van der Waals surface area contributed by atoms with Crippen molar-refractivity contribution in [3.05, 3.63) is 35.4 Å². The van der Waals surface area contributed by atoms with E-state index in [1.54, 1.807) is 0 Å². The molecule has 4 rings (SSSR count). The predicted octanol–water partition coefficient (Wildman–Crippen LogP) is 2.38. The molecule has 25 heavy (non-hydrogen) atoms. The van der Waals surface area contributed by atoms with E-state index in [9.17, 15) is 4.79 Å². The van der Waals surface area contributed by atoms with Gasteiger partial charge in [-0.2, -0.15) is 0 Å². The monoisotopic (exact) mass is 341 g/mol. The Morgan fingerprint density at radius 2 is 1.84 bits per heavy atom. The number of rotatable bonds is 3. The second-order valence-electron chi connectivity index (χ2n) is 8.28. The number of carbonyl (C=O) groups is 1. The Morgan fingerprint density at radius 3 is 2.60 bits per heavy atom. The van der Waals surface area contributed by atoms with E-state index in [0.29, 0.717) is 11.8 Å². The van der Waals surface area contributed by atoms with E-state index < -0.39 is 0 Å². The number of carbonyl (C=O) groups excluding carboxylic acids is 1. The average Bonchev–Trinajstić information content (AvgIpc) is 3.47. The molecule has 136 valence electrons. The van der Waals surface area contributed by atoms with Crippen molar-refractivity contribution >= 4 is 5.91 Å². The largest absolute Gasteiger partial charge is 0.337 e. The first-order chi connectivity index (χ1) is 12.1. The van der Waals surface area contributed by atoms with Gasteiger partial charge in [-0.25, -0.2) is 0 Å². The van der Waals surface area contributed by atoms with Gasteiger partial charge in [-0.05, 0) is 43.2 Å². The van der Waals surface area contributed by atoms with Gasteiger partial charge in [-0.15, -0.1) is 0 Å². The molecule has 2 atom stereocenters. The Labute approximate surface area is 151 Å². The van der Waals surface area contributed by atoms with Crippen LogP contribution in [0, 0.1) is 5.92 Å². The van der Waals surface area contributed by atoms with E-state index in [1.807, 2.05) is 0 Å². The van der Waals surface area contributed by atoms with E-state index in [-0.39, 0.29) is 6.04 Å². The van der Waals surface area contributed by atoms with Crippen molar-refractivity contribution in [1.29, 1.82) is 0 Å². The zero-order valence-electron chi connectivity index (χ0n) is 15.7. The minimum atomic E-state index is -0.00753. The third kappa shape index (κ3) is 3.75.